The molecule has 5 heteroatoms. The molecule has 4 nitrogen and oxygen atoms in total. The minimum Gasteiger partial charge on any atom is -0.397 e. The summed E-state index contributed by atoms with van der Waals surface area (Å²) < 4.78 is 0. The molecule has 88 valence electrons. The van der Waals surface area contributed by atoms with Crippen LogP contribution in [0.1, 0.15) is 13.8 Å². The first-order valence-electron chi connectivity index (χ1n) is 5.18. The number of amides is 1. The maximum atomic E-state index is 11.4. The van der Waals surface area contributed by atoms with Crippen LogP contribution in [-0.4, -0.2) is 23.2 Å². The summed E-state index contributed by atoms with van der Waals surface area (Å²) in [5, 5.41) is 2.86. The van der Waals surface area contributed by atoms with Crippen molar-refractivity contribution in [3.63, 3.8) is 0 Å². The summed E-state index contributed by atoms with van der Waals surface area (Å²) in [4.78, 5) is 16.2. The van der Waals surface area contributed by atoms with Crippen LogP contribution in [0.2, 0.25) is 0 Å². The van der Waals surface area contributed by atoms with Crippen molar-refractivity contribution >= 4 is 23.4 Å². The Labute approximate surface area is 100 Å². The van der Waals surface area contributed by atoms with Gasteiger partial charge in [-0.3, -0.25) is 9.78 Å². The Morgan fingerprint density at radius 3 is 3.00 bits per heavy atom. The smallest absolute Gasteiger partial charge is 0.230 e. The number of anilines is 1. The maximum absolute atomic E-state index is 11.4. The fraction of sp³-hybridized carbons (Fsp3) is 0.455. The predicted octanol–water partition coefficient (Wildman–Crippen LogP) is 1.53. The van der Waals surface area contributed by atoms with Gasteiger partial charge in [-0.25, -0.2) is 0 Å². The van der Waals surface area contributed by atoms with Gasteiger partial charge >= 0.3 is 0 Å². The van der Waals surface area contributed by atoms with Gasteiger partial charge in [0.25, 0.3) is 0 Å². The lowest BCUT2D eigenvalue weighted by molar-refractivity contribution is -0.118. The zero-order chi connectivity index (χ0) is 12.0. The molecule has 1 heterocycles. The number of nitrogens with two attached hydrogens (primary N) is 1. The molecule has 1 aromatic rings. The standard InChI is InChI=1S/C11H17N3OS/c1-8(2)5-14-11(15)7-16-10-3-4-13-6-9(10)12/h3-4,6,8H,5,7,12H2,1-2H3,(H,14,15). The number of carbonyl (C=O) groups excluding carboxylic acids is 1. The quantitative estimate of drug-likeness (QED) is 0.765. The van der Waals surface area contributed by atoms with Crippen molar-refractivity contribution in [3.8, 4) is 0 Å². The summed E-state index contributed by atoms with van der Waals surface area (Å²) in [6, 6.07) is 1.82. The number of nitrogens with one attached hydrogen (secondary N) is 1. The van der Waals surface area contributed by atoms with Crippen LogP contribution in [0.5, 0.6) is 0 Å². The molecular weight excluding hydrogens is 222 g/mol. The van der Waals surface area contributed by atoms with E-state index in [4.69, 9.17) is 5.73 Å². The molecule has 0 aromatic carbocycles. The van der Waals surface area contributed by atoms with Gasteiger partial charge in [0.15, 0.2) is 0 Å². The van der Waals surface area contributed by atoms with Crippen LogP contribution < -0.4 is 11.1 Å². The topological polar surface area (TPSA) is 68.0 Å². The number of carbonyl (C=O) groups is 1. The van der Waals surface area contributed by atoms with Gasteiger partial charge < -0.3 is 11.1 Å². The molecular formula is C11H17N3OS. The first-order chi connectivity index (χ1) is 7.59. The normalized spacial score (nSPS) is 10.4. The average Bonchev–Trinajstić information content (AvgIpc) is 2.25. The number of pyridine rings is 1. The van der Waals surface area contributed by atoms with Crippen LogP contribution in [0.4, 0.5) is 5.69 Å². The monoisotopic (exact) mass is 239 g/mol. The third-order valence-corrected chi connectivity index (χ3v) is 2.97. The number of rotatable bonds is 5. The van der Waals surface area contributed by atoms with Crippen LogP contribution >= 0.6 is 11.8 Å². The first kappa shape index (κ1) is 12.8. The highest BCUT2D eigenvalue weighted by Gasteiger charge is 2.05. The molecule has 3 N–H and O–H groups in total. The second-order valence-corrected chi connectivity index (χ2v) is 4.92. The Kier molecular flexibility index (Phi) is 5.11. The number of nitrogen functional groups attached to an aromatic ring is 1. The van der Waals surface area contributed by atoms with Crippen molar-refractivity contribution in [2.75, 3.05) is 18.0 Å². The molecule has 0 radical (unpaired) electrons. The molecule has 1 amide bonds. The fourth-order valence-electron chi connectivity index (χ4n) is 1.04. The molecule has 0 saturated heterocycles. The van der Waals surface area contributed by atoms with Crippen molar-refractivity contribution in [3.05, 3.63) is 18.5 Å². The van der Waals surface area contributed by atoms with Crippen molar-refractivity contribution < 1.29 is 4.79 Å². The van der Waals surface area contributed by atoms with E-state index in [9.17, 15) is 4.79 Å². The summed E-state index contributed by atoms with van der Waals surface area (Å²) in [6.07, 6.45) is 3.26. The Bertz CT molecular complexity index is 355. The molecule has 0 aliphatic carbocycles. The van der Waals surface area contributed by atoms with Gasteiger partial charge in [0, 0.05) is 17.6 Å². The van der Waals surface area contributed by atoms with Crippen molar-refractivity contribution in [1.82, 2.24) is 10.3 Å². The van der Waals surface area contributed by atoms with E-state index >= 15 is 0 Å². The highest BCUT2D eigenvalue weighted by Crippen LogP contribution is 2.22. The lowest BCUT2D eigenvalue weighted by Gasteiger charge is -2.08. The molecule has 0 aliphatic rings. The molecule has 0 spiro atoms. The van der Waals surface area contributed by atoms with E-state index in [1.807, 2.05) is 6.07 Å². The molecule has 0 unspecified atom stereocenters. The van der Waals surface area contributed by atoms with Crippen LogP contribution in [0.25, 0.3) is 0 Å². The number of hydrogen-bond acceptors (Lipinski definition) is 4. The summed E-state index contributed by atoms with van der Waals surface area (Å²) in [7, 11) is 0. The first-order valence-corrected chi connectivity index (χ1v) is 6.17. The minimum absolute atomic E-state index is 0.0370. The lowest BCUT2D eigenvalue weighted by atomic mass is 10.2. The van der Waals surface area contributed by atoms with Gasteiger partial charge in [-0.2, -0.15) is 0 Å². The summed E-state index contributed by atoms with van der Waals surface area (Å²) in [6.45, 7) is 4.84. The van der Waals surface area contributed by atoms with E-state index < -0.39 is 0 Å². The Morgan fingerprint density at radius 2 is 2.38 bits per heavy atom. The van der Waals surface area contributed by atoms with Gasteiger partial charge in [-0.15, -0.1) is 11.8 Å². The van der Waals surface area contributed by atoms with E-state index in [2.05, 4.69) is 24.1 Å². The predicted molar refractivity (Wildman–Crippen MR) is 67.2 cm³/mol. The minimum atomic E-state index is 0.0370. The molecule has 0 atom stereocenters. The molecule has 16 heavy (non-hydrogen) atoms. The highest BCUT2D eigenvalue weighted by atomic mass is 32.2. The molecule has 1 rings (SSSR count). The Morgan fingerprint density at radius 1 is 1.62 bits per heavy atom. The van der Waals surface area contributed by atoms with E-state index in [-0.39, 0.29) is 5.91 Å². The molecule has 1 aromatic heterocycles. The molecule has 0 saturated carbocycles. The second-order valence-electron chi connectivity index (χ2n) is 3.90. The Balaban J connectivity index is 2.35. The third kappa shape index (κ3) is 4.53. The van der Waals surface area contributed by atoms with Crippen LogP contribution in [0.3, 0.4) is 0 Å². The zero-order valence-electron chi connectivity index (χ0n) is 9.56. The number of aromatic nitrogens is 1. The van der Waals surface area contributed by atoms with Gasteiger partial charge in [-0.1, -0.05) is 13.8 Å². The third-order valence-electron chi connectivity index (χ3n) is 1.88. The van der Waals surface area contributed by atoms with Crippen LogP contribution in [0.15, 0.2) is 23.4 Å². The number of hydrogen-bond donors (Lipinski definition) is 2. The van der Waals surface area contributed by atoms with Crippen LogP contribution in [0, 0.1) is 5.92 Å². The van der Waals surface area contributed by atoms with Gasteiger partial charge in [-0.05, 0) is 12.0 Å². The summed E-state index contributed by atoms with van der Waals surface area (Å²) >= 11 is 1.43. The average molecular weight is 239 g/mol. The zero-order valence-corrected chi connectivity index (χ0v) is 10.4. The largest absolute Gasteiger partial charge is 0.397 e. The molecule has 0 aliphatic heterocycles. The van der Waals surface area contributed by atoms with Crippen LogP contribution in [-0.2, 0) is 4.79 Å². The lowest BCUT2D eigenvalue weighted by Crippen LogP contribution is -2.28. The Hall–Kier alpha value is -1.23. The van der Waals surface area contributed by atoms with E-state index in [1.54, 1.807) is 12.4 Å². The number of nitrogens with zero attached hydrogens (tertiary/aromatic N) is 1. The fourth-order valence-corrected chi connectivity index (χ4v) is 1.80. The SMILES string of the molecule is CC(C)CNC(=O)CSc1ccncc1N. The van der Waals surface area contributed by atoms with Crippen molar-refractivity contribution in [2.24, 2.45) is 5.92 Å². The number of thioether (sulfide) groups is 1. The molecule has 0 bridgehead atoms. The van der Waals surface area contributed by atoms with E-state index in [1.165, 1.54) is 11.8 Å². The maximum Gasteiger partial charge on any atom is 0.230 e. The van der Waals surface area contributed by atoms with E-state index in [0.717, 1.165) is 4.90 Å². The van der Waals surface area contributed by atoms with Crippen molar-refractivity contribution in [1.29, 1.82) is 0 Å². The summed E-state index contributed by atoms with van der Waals surface area (Å²) in [5.74, 6) is 0.899. The van der Waals surface area contributed by atoms with Gasteiger partial charge in [0.05, 0.1) is 17.6 Å². The summed E-state index contributed by atoms with van der Waals surface area (Å²) in [5.41, 5.74) is 6.33. The van der Waals surface area contributed by atoms with E-state index in [0.29, 0.717) is 23.9 Å². The van der Waals surface area contributed by atoms with Crippen molar-refractivity contribution in [2.45, 2.75) is 18.7 Å². The highest BCUT2D eigenvalue weighted by molar-refractivity contribution is 8.00. The molecule has 0 fully saturated rings. The van der Waals surface area contributed by atoms with Gasteiger partial charge in [0.2, 0.25) is 5.91 Å². The van der Waals surface area contributed by atoms with Gasteiger partial charge in [0.1, 0.15) is 0 Å². The second kappa shape index (κ2) is 6.37.